The summed E-state index contributed by atoms with van der Waals surface area (Å²) in [5.74, 6) is -0.104. The smallest absolute Gasteiger partial charge is 0.297 e. The van der Waals surface area contributed by atoms with E-state index in [0.29, 0.717) is 52.2 Å². The molecule has 0 unspecified atom stereocenters. The van der Waals surface area contributed by atoms with Gasteiger partial charge in [0.25, 0.3) is 11.9 Å². The van der Waals surface area contributed by atoms with E-state index in [-0.39, 0.29) is 48.5 Å². The maximum absolute atomic E-state index is 13.1. The van der Waals surface area contributed by atoms with Gasteiger partial charge in [0, 0.05) is 56.3 Å². The first-order valence-corrected chi connectivity index (χ1v) is 15.9. The highest BCUT2D eigenvalue weighted by molar-refractivity contribution is 6.38. The molecular weight excluding hydrogens is 655 g/mol. The minimum absolute atomic E-state index is 0.0129. The average Bonchev–Trinajstić information content (AvgIpc) is 3.47. The van der Waals surface area contributed by atoms with Gasteiger partial charge in [0.15, 0.2) is 0 Å². The van der Waals surface area contributed by atoms with Crippen molar-refractivity contribution in [1.82, 2.24) is 24.8 Å². The fourth-order valence-electron chi connectivity index (χ4n) is 5.10. The van der Waals surface area contributed by atoms with Crippen LogP contribution in [0.1, 0.15) is 46.6 Å². The number of nitrogens with zero attached hydrogens (tertiary/aromatic N) is 5. The molecule has 0 atom stereocenters. The number of amides is 2. The summed E-state index contributed by atoms with van der Waals surface area (Å²) in [5, 5.41) is 3.16. The van der Waals surface area contributed by atoms with Gasteiger partial charge in [-0.2, -0.15) is 4.98 Å². The van der Waals surface area contributed by atoms with Crippen molar-refractivity contribution in [1.29, 1.82) is 0 Å². The topological polar surface area (TPSA) is 129 Å². The maximum atomic E-state index is 13.1. The van der Waals surface area contributed by atoms with E-state index in [4.69, 9.17) is 32.7 Å². The molecule has 0 bridgehead atoms. The fraction of sp³-hybridized carbons (Fsp3) is 0.257. The Balaban J connectivity index is 1.22. The summed E-state index contributed by atoms with van der Waals surface area (Å²) in [6.45, 7) is 0.473. The Morgan fingerprint density at radius 2 is 1.79 bits per heavy atom. The molecule has 0 aliphatic carbocycles. The second-order valence-electron chi connectivity index (χ2n) is 10.9. The highest BCUT2D eigenvalue weighted by Gasteiger charge is 2.21. The zero-order valence-corrected chi connectivity index (χ0v) is 28.2. The lowest BCUT2D eigenvalue weighted by Crippen LogP contribution is -2.27. The van der Waals surface area contributed by atoms with Gasteiger partial charge >= 0.3 is 0 Å². The molecule has 248 valence electrons. The van der Waals surface area contributed by atoms with Gasteiger partial charge in [0.05, 0.1) is 35.6 Å². The number of carbonyl (C=O) groups excluding carboxylic acids is 3. The van der Waals surface area contributed by atoms with Crippen LogP contribution in [0.5, 0.6) is 11.8 Å². The predicted octanol–water partition coefficient (Wildman–Crippen LogP) is 6.07. The van der Waals surface area contributed by atoms with Gasteiger partial charge in [-0.25, -0.2) is 0 Å². The minimum Gasteiger partial charge on any atom is -0.486 e. The number of ketones is 1. The molecule has 0 saturated heterocycles. The van der Waals surface area contributed by atoms with E-state index in [2.05, 4.69) is 20.3 Å². The molecular formula is C35H34Cl2N6O5. The molecule has 3 heterocycles. The van der Waals surface area contributed by atoms with Gasteiger partial charge in [-0.15, -0.1) is 0 Å². The number of para-hydroxylation sites is 1. The number of ether oxygens (including phenoxy) is 2. The molecule has 0 aliphatic heterocycles. The van der Waals surface area contributed by atoms with E-state index in [9.17, 15) is 14.4 Å². The first-order chi connectivity index (χ1) is 23.2. The minimum atomic E-state index is -0.278. The summed E-state index contributed by atoms with van der Waals surface area (Å²) in [7, 11) is 4.70. The highest BCUT2D eigenvalue weighted by atomic mass is 35.5. The SMILES string of the molecule is CNC(=O)c1ccc(CCC(=O)CCC(=O)N(C)c2ccc(Cl)c(COc3cccc4c3nc(OC)n4Cc3ccccn3)c2Cl)cn1. The van der Waals surface area contributed by atoms with Crippen LogP contribution < -0.4 is 19.7 Å². The van der Waals surface area contributed by atoms with Crippen LogP contribution in [0, 0.1) is 0 Å². The summed E-state index contributed by atoms with van der Waals surface area (Å²) in [4.78, 5) is 51.9. The van der Waals surface area contributed by atoms with E-state index in [0.717, 1.165) is 16.8 Å². The van der Waals surface area contributed by atoms with Crippen molar-refractivity contribution in [2.45, 2.75) is 38.8 Å². The van der Waals surface area contributed by atoms with Crippen molar-refractivity contribution in [3.8, 4) is 11.8 Å². The second kappa shape index (κ2) is 15.7. The van der Waals surface area contributed by atoms with E-state index in [1.54, 1.807) is 56.9 Å². The molecule has 0 fully saturated rings. The highest BCUT2D eigenvalue weighted by Crippen LogP contribution is 2.36. The number of fused-ring (bicyclic) bond motifs is 1. The van der Waals surface area contributed by atoms with Crippen LogP contribution in [0.15, 0.2) is 73.1 Å². The number of benzene rings is 2. The van der Waals surface area contributed by atoms with Crippen molar-refractivity contribution in [2.75, 3.05) is 26.1 Å². The molecule has 0 aliphatic rings. The molecule has 0 spiro atoms. The molecule has 5 aromatic rings. The zero-order chi connectivity index (χ0) is 34.2. The summed E-state index contributed by atoms with van der Waals surface area (Å²) < 4.78 is 13.7. The normalized spacial score (nSPS) is 10.9. The molecule has 3 aromatic heterocycles. The quantitative estimate of drug-likeness (QED) is 0.149. The predicted molar refractivity (Wildman–Crippen MR) is 184 cm³/mol. The Kier molecular flexibility index (Phi) is 11.3. The third kappa shape index (κ3) is 7.92. The van der Waals surface area contributed by atoms with Gasteiger partial charge in [0.2, 0.25) is 5.91 Å². The number of aryl methyl sites for hydroxylation is 1. The molecule has 13 heteroatoms. The lowest BCUT2D eigenvalue weighted by molar-refractivity contribution is -0.123. The maximum Gasteiger partial charge on any atom is 0.297 e. The number of imidazole rings is 1. The van der Waals surface area contributed by atoms with Gasteiger partial charge in [0.1, 0.15) is 29.4 Å². The number of hydrogen-bond donors (Lipinski definition) is 1. The first-order valence-electron chi connectivity index (χ1n) is 15.2. The molecule has 5 rings (SSSR count). The van der Waals surface area contributed by atoms with Crippen LogP contribution in [0.4, 0.5) is 5.69 Å². The zero-order valence-electron chi connectivity index (χ0n) is 26.7. The van der Waals surface area contributed by atoms with Crippen molar-refractivity contribution < 1.29 is 23.9 Å². The van der Waals surface area contributed by atoms with Crippen molar-refractivity contribution in [3.05, 3.63) is 106 Å². The van der Waals surface area contributed by atoms with E-state index >= 15 is 0 Å². The Hall–Kier alpha value is -5.00. The van der Waals surface area contributed by atoms with Crippen molar-refractivity contribution >= 4 is 57.5 Å². The van der Waals surface area contributed by atoms with Crippen LogP contribution in [0.25, 0.3) is 11.0 Å². The number of pyridine rings is 2. The molecule has 48 heavy (non-hydrogen) atoms. The monoisotopic (exact) mass is 688 g/mol. The van der Waals surface area contributed by atoms with Crippen molar-refractivity contribution in [2.24, 2.45) is 0 Å². The summed E-state index contributed by atoms with van der Waals surface area (Å²) in [6.07, 6.45) is 4.12. The van der Waals surface area contributed by atoms with Crippen LogP contribution in [-0.2, 0) is 29.2 Å². The summed E-state index contributed by atoms with van der Waals surface area (Å²) in [5.41, 5.74) is 4.33. The molecule has 1 N–H and O–H groups in total. The first kappa shape index (κ1) is 34.3. The Labute approximate surface area is 287 Å². The number of nitrogens with one attached hydrogen (secondary N) is 1. The van der Waals surface area contributed by atoms with Crippen LogP contribution in [0.3, 0.4) is 0 Å². The van der Waals surface area contributed by atoms with Crippen LogP contribution in [0.2, 0.25) is 10.0 Å². The van der Waals surface area contributed by atoms with Crippen LogP contribution in [-0.4, -0.2) is 58.3 Å². The van der Waals surface area contributed by atoms with Crippen LogP contribution >= 0.6 is 23.2 Å². The Bertz CT molecular complexity index is 1930. The molecule has 11 nitrogen and oxygen atoms in total. The Morgan fingerprint density at radius 3 is 2.50 bits per heavy atom. The van der Waals surface area contributed by atoms with E-state index in [1.165, 1.54) is 11.9 Å². The average molecular weight is 690 g/mol. The number of anilines is 1. The van der Waals surface area contributed by atoms with E-state index < -0.39 is 0 Å². The molecule has 2 amide bonds. The Morgan fingerprint density at radius 1 is 0.958 bits per heavy atom. The number of hydrogen-bond acceptors (Lipinski definition) is 8. The largest absolute Gasteiger partial charge is 0.486 e. The van der Waals surface area contributed by atoms with Gasteiger partial charge in [-0.05, 0) is 54.4 Å². The number of aromatic nitrogens is 4. The molecule has 0 radical (unpaired) electrons. The van der Waals surface area contributed by atoms with Gasteiger partial charge < -0.3 is 19.7 Å². The van der Waals surface area contributed by atoms with Gasteiger partial charge in [-0.1, -0.05) is 41.4 Å². The second-order valence-corrected chi connectivity index (χ2v) is 11.7. The molecule has 0 saturated carbocycles. The third-order valence-corrected chi connectivity index (χ3v) is 8.58. The number of halogens is 2. The molecule has 2 aromatic carbocycles. The summed E-state index contributed by atoms with van der Waals surface area (Å²) in [6, 6.07) is 18.4. The van der Waals surface area contributed by atoms with Crippen molar-refractivity contribution in [3.63, 3.8) is 0 Å². The lowest BCUT2D eigenvalue weighted by atomic mass is 10.1. The number of carbonyl (C=O) groups is 3. The number of Topliss-reactive ketones (excluding diaryl/α,β-unsaturated/α-hetero) is 1. The van der Waals surface area contributed by atoms with Gasteiger partial charge in [-0.3, -0.25) is 28.9 Å². The standard InChI is InChI=1S/C35H34Cl2N6O5/c1-38-34(46)27-15-11-22(19-40-27)10-12-24(44)13-17-31(45)42(2)28-16-14-26(36)25(32(28)37)21-48-30-9-6-8-29-33(30)41-35(47-3)43(29)20-23-7-4-5-18-39-23/h4-9,11,14-16,18-19H,10,12-13,17,20-21H2,1-3H3,(H,38,46). The number of rotatable bonds is 14. The number of methoxy groups -OCH3 is 1. The lowest BCUT2D eigenvalue weighted by Gasteiger charge is -2.21. The fourth-order valence-corrected chi connectivity index (χ4v) is 5.70. The van der Waals surface area contributed by atoms with E-state index in [1.807, 2.05) is 34.9 Å². The third-order valence-electron chi connectivity index (χ3n) is 7.80. The summed E-state index contributed by atoms with van der Waals surface area (Å²) >= 11 is 13.3.